The van der Waals surface area contributed by atoms with Crippen molar-refractivity contribution in [3.05, 3.63) is 53.3 Å². The van der Waals surface area contributed by atoms with Crippen molar-refractivity contribution in [3.8, 4) is 0 Å². The van der Waals surface area contributed by atoms with Crippen LogP contribution in [0, 0.1) is 5.92 Å². The summed E-state index contributed by atoms with van der Waals surface area (Å²) in [5.41, 5.74) is 1.20. The Morgan fingerprint density at radius 1 is 1.25 bits per heavy atom. The number of benzene rings is 1. The average Bonchev–Trinajstić information content (AvgIpc) is 2.92. The van der Waals surface area contributed by atoms with Gasteiger partial charge in [0.2, 0.25) is 0 Å². The third-order valence-electron chi connectivity index (χ3n) is 3.57. The molecule has 4 heteroatoms. The van der Waals surface area contributed by atoms with Crippen LogP contribution in [0.15, 0.2) is 42.7 Å². The van der Waals surface area contributed by atoms with E-state index in [1.807, 2.05) is 35.3 Å². The molecule has 0 aliphatic carbocycles. The van der Waals surface area contributed by atoms with E-state index in [2.05, 4.69) is 43.0 Å². The van der Waals surface area contributed by atoms with Crippen LogP contribution in [-0.2, 0) is 6.54 Å². The summed E-state index contributed by atoms with van der Waals surface area (Å²) < 4.78 is 1.96. The number of halogens is 1. The lowest BCUT2D eigenvalue weighted by Gasteiger charge is -2.32. The van der Waals surface area contributed by atoms with E-state index in [0.29, 0.717) is 12.0 Å². The Hall–Kier alpha value is -1.32. The zero-order chi connectivity index (χ0) is 14.5. The molecule has 0 radical (unpaired) electrons. The molecule has 0 N–H and O–H groups in total. The fourth-order valence-corrected chi connectivity index (χ4v) is 2.90. The molecular formula is C16H22ClN3. The molecule has 0 spiro atoms. The minimum atomic E-state index is 0.319. The van der Waals surface area contributed by atoms with E-state index in [4.69, 9.17) is 11.6 Å². The summed E-state index contributed by atoms with van der Waals surface area (Å²) in [7, 11) is 2.15. The van der Waals surface area contributed by atoms with Crippen molar-refractivity contribution in [2.24, 2.45) is 5.92 Å². The first-order valence-corrected chi connectivity index (χ1v) is 7.39. The van der Waals surface area contributed by atoms with Crippen LogP contribution in [0.1, 0.15) is 25.5 Å². The van der Waals surface area contributed by atoms with Crippen molar-refractivity contribution >= 4 is 11.6 Å². The molecule has 0 aliphatic rings. The number of hydrogen-bond donors (Lipinski definition) is 0. The molecule has 108 valence electrons. The third-order valence-corrected chi connectivity index (χ3v) is 3.92. The Bertz CT molecular complexity index is 522. The summed E-state index contributed by atoms with van der Waals surface area (Å²) in [5.74, 6) is 0.498. The lowest BCUT2D eigenvalue weighted by molar-refractivity contribution is 0.185. The molecule has 1 heterocycles. The predicted molar refractivity (Wildman–Crippen MR) is 83.9 cm³/mol. The Labute approximate surface area is 126 Å². The van der Waals surface area contributed by atoms with Gasteiger partial charge in [0.25, 0.3) is 0 Å². The van der Waals surface area contributed by atoms with Crippen molar-refractivity contribution < 1.29 is 0 Å². The second-order valence-electron chi connectivity index (χ2n) is 5.46. The van der Waals surface area contributed by atoms with Crippen molar-refractivity contribution in [2.75, 3.05) is 13.6 Å². The highest BCUT2D eigenvalue weighted by Gasteiger charge is 2.22. The third kappa shape index (κ3) is 3.62. The van der Waals surface area contributed by atoms with Crippen LogP contribution in [0.5, 0.6) is 0 Å². The van der Waals surface area contributed by atoms with Gasteiger partial charge >= 0.3 is 0 Å². The smallest absolute Gasteiger partial charge is 0.0536 e. The monoisotopic (exact) mass is 291 g/mol. The minimum absolute atomic E-state index is 0.319. The lowest BCUT2D eigenvalue weighted by Crippen LogP contribution is -2.31. The topological polar surface area (TPSA) is 21.1 Å². The molecule has 3 nitrogen and oxygen atoms in total. The van der Waals surface area contributed by atoms with Gasteiger partial charge in [-0.05, 0) is 30.7 Å². The van der Waals surface area contributed by atoms with Crippen LogP contribution in [0.25, 0.3) is 0 Å². The molecule has 2 rings (SSSR count). The number of likely N-dealkylation sites (N-methyl/N-ethyl adjacent to an activating group) is 1. The highest BCUT2D eigenvalue weighted by molar-refractivity contribution is 6.31. The number of nitrogens with zero attached hydrogens (tertiary/aromatic N) is 3. The molecule has 0 bridgehead atoms. The Balaban J connectivity index is 2.10. The highest BCUT2D eigenvalue weighted by atomic mass is 35.5. The molecule has 0 saturated carbocycles. The van der Waals surface area contributed by atoms with E-state index in [9.17, 15) is 0 Å². The number of hydrogen-bond acceptors (Lipinski definition) is 2. The first-order valence-electron chi connectivity index (χ1n) is 7.01. The Kier molecular flexibility index (Phi) is 5.21. The Morgan fingerprint density at radius 3 is 2.60 bits per heavy atom. The molecular weight excluding hydrogens is 270 g/mol. The summed E-state index contributed by atoms with van der Waals surface area (Å²) in [6, 6.07) is 10.4. The van der Waals surface area contributed by atoms with Crippen molar-refractivity contribution in [2.45, 2.75) is 26.4 Å². The van der Waals surface area contributed by atoms with E-state index in [1.54, 1.807) is 0 Å². The van der Waals surface area contributed by atoms with Gasteiger partial charge in [0.15, 0.2) is 0 Å². The number of rotatable bonds is 6. The SMILES string of the molecule is CC(C)C(c1ccccc1Cl)N(C)CCn1cccn1. The predicted octanol–water partition coefficient (Wildman–Crippen LogP) is 3.87. The molecule has 20 heavy (non-hydrogen) atoms. The van der Waals surface area contributed by atoms with Gasteiger partial charge < -0.3 is 0 Å². The first kappa shape index (κ1) is 15.1. The molecule has 1 atom stereocenters. The van der Waals surface area contributed by atoms with Gasteiger partial charge in [-0.2, -0.15) is 5.10 Å². The quantitative estimate of drug-likeness (QED) is 0.806. The van der Waals surface area contributed by atoms with Crippen LogP contribution in [0.2, 0.25) is 5.02 Å². The van der Waals surface area contributed by atoms with Crippen LogP contribution in [0.4, 0.5) is 0 Å². The van der Waals surface area contributed by atoms with Crippen molar-refractivity contribution in [1.82, 2.24) is 14.7 Å². The zero-order valence-electron chi connectivity index (χ0n) is 12.3. The summed E-state index contributed by atoms with van der Waals surface area (Å²) in [6.45, 7) is 6.30. The fourth-order valence-electron chi connectivity index (χ4n) is 2.65. The first-order chi connectivity index (χ1) is 9.59. The van der Waals surface area contributed by atoms with Crippen molar-refractivity contribution in [3.63, 3.8) is 0 Å². The van der Waals surface area contributed by atoms with E-state index < -0.39 is 0 Å². The van der Waals surface area contributed by atoms with Gasteiger partial charge in [-0.1, -0.05) is 43.6 Å². The summed E-state index contributed by atoms with van der Waals surface area (Å²) in [5, 5.41) is 5.09. The van der Waals surface area contributed by atoms with Gasteiger partial charge in [-0.25, -0.2) is 0 Å². The van der Waals surface area contributed by atoms with Gasteiger partial charge in [0, 0.05) is 30.0 Å². The normalized spacial score (nSPS) is 13.1. The van der Waals surface area contributed by atoms with Crippen LogP contribution < -0.4 is 0 Å². The van der Waals surface area contributed by atoms with Crippen LogP contribution in [-0.4, -0.2) is 28.3 Å². The van der Waals surface area contributed by atoms with E-state index in [0.717, 1.165) is 18.1 Å². The second-order valence-corrected chi connectivity index (χ2v) is 5.87. The maximum atomic E-state index is 6.36. The highest BCUT2D eigenvalue weighted by Crippen LogP contribution is 2.32. The van der Waals surface area contributed by atoms with Gasteiger partial charge in [-0.3, -0.25) is 9.58 Å². The fraction of sp³-hybridized carbons (Fsp3) is 0.438. The molecule has 1 aromatic carbocycles. The van der Waals surface area contributed by atoms with Gasteiger partial charge in [0.1, 0.15) is 0 Å². The minimum Gasteiger partial charge on any atom is -0.297 e. The van der Waals surface area contributed by atoms with Crippen molar-refractivity contribution in [1.29, 1.82) is 0 Å². The molecule has 0 aliphatic heterocycles. The second kappa shape index (κ2) is 6.91. The summed E-state index contributed by atoms with van der Waals surface area (Å²) in [6.07, 6.45) is 3.81. The van der Waals surface area contributed by atoms with E-state index >= 15 is 0 Å². The summed E-state index contributed by atoms with van der Waals surface area (Å²) in [4.78, 5) is 2.35. The van der Waals surface area contributed by atoms with E-state index in [-0.39, 0.29) is 0 Å². The standard InChI is InChI=1S/C16H22ClN3/c1-13(2)16(14-7-4-5-8-15(14)17)19(3)11-12-20-10-6-9-18-20/h4-10,13,16H,11-12H2,1-3H3. The summed E-state index contributed by atoms with van der Waals surface area (Å²) >= 11 is 6.36. The molecule has 1 aromatic heterocycles. The zero-order valence-corrected chi connectivity index (χ0v) is 13.1. The molecule has 0 fully saturated rings. The molecule has 2 aromatic rings. The lowest BCUT2D eigenvalue weighted by atomic mass is 9.94. The molecule has 0 amide bonds. The van der Waals surface area contributed by atoms with Crippen LogP contribution in [0.3, 0.4) is 0 Å². The van der Waals surface area contributed by atoms with Gasteiger partial charge in [0.05, 0.1) is 6.54 Å². The van der Waals surface area contributed by atoms with Gasteiger partial charge in [-0.15, -0.1) is 0 Å². The van der Waals surface area contributed by atoms with Crippen LogP contribution >= 0.6 is 11.6 Å². The molecule has 0 saturated heterocycles. The molecule has 1 unspecified atom stereocenters. The Morgan fingerprint density at radius 2 is 2.00 bits per heavy atom. The largest absolute Gasteiger partial charge is 0.297 e. The maximum absolute atomic E-state index is 6.36. The maximum Gasteiger partial charge on any atom is 0.0536 e. The average molecular weight is 292 g/mol. The van der Waals surface area contributed by atoms with E-state index in [1.165, 1.54) is 5.56 Å². The number of aromatic nitrogens is 2.